The van der Waals surface area contributed by atoms with Gasteiger partial charge in [0.25, 0.3) is 0 Å². The molecule has 21 heavy (non-hydrogen) atoms. The highest BCUT2D eigenvalue weighted by molar-refractivity contribution is 5.92. The molecule has 110 valence electrons. The van der Waals surface area contributed by atoms with E-state index in [-0.39, 0.29) is 30.0 Å². The molecular formula is C16H16F2N2O. The average Bonchev–Trinajstić information content (AvgIpc) is 2.48. The molecule has 0 saturated carbocycles. The first-order valence-electron chi connectivity index (χ1n) is 6.60. The van der Waals surface area contributed by atoms with Crippen molar-refractivity contribution in [2.24, 2.45) is 0 Å². The Bertz CT molecular complexity index is 631. The van der Waals surface area contributed by atoms with Gasteiger partial charge in [-0.25, -0.2) is 8.78 Å². The van der Waals surface area contributed by atoms with Crippen LogP contribution in [0, 0.1) is 11.6 Å². The molecule has 1 amide bonds. The molecule has 2 aromatic carbocycles. The van der Waals surface area contributed by atoms with Crippen molar-refractivity contribution in [1.29, 1.82) is 0 Å². The second-order valence-corrected chi connectivity index (χ2v) is 4.65. The lowest BCUT2D eigenvalue weighted by atomic mass is 10.1. The third-order valence-corrected chi connectivity index (χ3v) is 3.09. The molecule has 0 saturated heterocycles. The molecule has 5 heteroatoms. The molecule has 2 N–H and O–H groups in total. The molecule has 2 aromatic rings. The maximum atomic E-state index is 13.6. The zero-order valence-electron chi connectivity index (χ0n) is 11.6. The van der Waals surface area contributed by atoms with E-state index in [1.807, 2.05) is 0 Å². The van der Waals surface area contributed by atoms with Crippen LogP contribution in [0.3, 0.4) is 0 Å². The zero-order chi connectivity index (χ0) is 15.2. The standard InChI is InChI=1S/C16H16F2N2O/c1-11(12-6-2-3-7-13(12)17)19-10-16(21)20-15-9-5-4-8-14(15)18/h2-9,11,19H,10H2,1H3,(H,20,21)/t11-/m1/s1. The number of halogens is 2. The van der Waals surface area contributed by atoms with E-state index in [0.29, 0.717) is 5.56 Å². The molecule has 0 fully saturated rings. The molecule has 0 unspecified atom stereocenters. The van der Waals surface area contributed by atoms with E-state index < -0.39 is 5.82 Å². The molecule has 2 rings (SSSR count). The monoisotopic (exact) mass is 290 g/mol. The second-order valence-electron chi connectivity index (χ2n) is 4.65. The van der Waals surface area contributed by atoms with Gasteiger partial charge in [0.1, 0.15) is 11.6 Å². The molecule has 0 aliphatic carbocycles. The molecule has 0 aliphatic rings. The van der Waals surface area contributed by atoms with Gasteiger partial charge in [-0.2, -0.15) is 0 Å². The van der Waals surface area contributed by atoms with Crippen LogP contribution >= 0.6 is 0 Å². The normalized spacial score (nSPS) is 12.0. The van der Waals surface area contributed by atoms with Crippen LogP contribution in [0.15, 0.2) is 48.5 Å². The number of carbonyl (C=O) groups is 1. The predicted octanol–water partition coefficient (Wildman–Crippen LogP) is 3.25. The van der Waals surface area contributed by atoms with Crippen molar-refractivity contribution in [3.63, 3.8) is 0 Å². The Morgan fingerprint density at radius 1 is 1.05 bits per heavy atom. The van der Waals surface area contributed by atoms with Crippen LogP contribution < -0.4 is 10.6 Å². The lowest BCUT2D eigenvalue weighted by molar-refractivity contribution is -0.115. The van der Waals surface area contributed by atoms with Crippen LogP contribution in [0.2, 0.25) is 0 Å². The fraction of sp³-hybridized carbons (Fsp3) is 0.188. The summed E-state index contributed by atoms with van der Waals surface area (Å²) in [5.41, 5.74) is 0.610. The van der Waals surface area contributed by atoms with Gasteiger partial charge in [0, 0.05) is 11.6 Å². The van der Waals surface area contributed by atoms with Crippen molar-refractivity contribution in [3.05, 3.63) is 65.7 Å². The molecule has 0 bridgehead atoms. The van der Waals surface area contributed by atoms with E-state index in [9.17, 15) is 13.6 Å². The molecule has 0 radical (unpaired) electrons. The van der Waals surface area contributed by atoms with Gasteiger partial charge in [-0.3, -0.25) is 4.79 Å². The zero-order valence-corrected chi connectivity index (χ0v) is 11.6. The Labute approximate surface area is 122 Å². The highest BCUT2D eigenvalue weighted by Gasteiger charge is 2.12. The summed E-state index contributed by atoms with van der Waals surface area (Å²) in [4.78, 5) is 11.8. The maximum absolute atomic E-state index is 13.6. The minimum atomic E-state index is -0.493. The van der Waals surface area contributed by atoms with E-state index in [1.54, 1.807) is 37.3 Å². The van der Waals surface area contributed by atoms with Crippen molar-refractivity contribution >= 4 is 11.6 Å². The maximum Gasteiger partial charge on any atom is 0.238 e. The largest absolute Gasteiger partial charge is 0.322 e. The Balaban J connectivity index is 1.90. The van der Waals surface area contributed by atoms with Crippen LogP contribution in [-0.2, 0) is 4.79 Å². The Kier molecular flexibility index (Phi) is 5.00. The summed E-state index contributed by atoms with van der Waals surface area (Å²) in [6, 6.07) is 12.0. The summed E-state index contributed by atoms with van der Waals surface area (Å²) < 4.78 is 27.0. The fourth-order valence-corrected chi connectivity index (χ4v) is 1.94. The van der Waals surface area contributed by atoms with Crippen LogP contribution in [-0.4, -0.2) is 12.5 Å². The van der Waals surface area contributed by atoms with Crippen LogP contribution in [0.25, 0.3) is 0 Å². The van der Waals surface area contributed by atoms with Gasteiger partial charge in [0.15, 0.2) is 0 Å². The predicted molar refractivity (Wildman–Crippen MR) is 77.8 cm³/mol. The summed E-state index contributed by atoms with van der Waals surface area (Å²) >= 11 is 0. The smallest absolute Gasteiger partial charge is 0.238 e. The van der Waals surface area contributed by atoms with Gasteiger partial charge in [0.05, 0.1) is 12.2 Å². The number of anilines is 1. The number of carbonyl (C=O) groups excluding carboxylic acids is 1. The van der Waals surface area contributed by atoms with Gasteiger partial charge >= 0.3 is 0 Å². The van der Waals surface area contributed by atoms with Crippen LogP contribution in [0.1, 0.15) is 18.5 Å². The van der Waals surface area contributed by atoms with Gasteiger partial charge in [0.2, 0.25) is 5.91 Å². The van der Waals surface area contributed by atoms with E-state index in [1.165, 1.54) is 18.2 Å². The Morgan fingerprint density at radius 2 is 1.67 bits per heavy atom. The summed E-state index contributed by atoms with van der Waals surface area (Å²) in [6.45, 7) is 1.72. The molecule has 0 aromatic heterocycles. The molecule has 0 heterocycles. The molecule has 0 aliphatic heterocycles. The highest BCUT2D eigenvalue weighted by atomic mass is 19.1. The molecular weight excluding hydrogens is 274 g/mol. The Morgan fingerprint density at radius 3 is 2.33 bits per heavy atom. The Hall–Kier alpha value is -2.27. The van der Waals surface area contributed by atoms with Crippen LogP contribution in [0.4, 0.5) is 14.5 Å². The van der Waals surface area contributed by atoms with Gasteiger partial charge in [-0.05, 0) is 25.1 Å². The van der Waals surface area contributed by atoms with Crippen molar-refractivity contribution in [2.75, 3.05) is 11.9 Å². The summed E-state index contributed by atoms with van der Waals surface area (Å²) in [6.07, 6.45) is 0. The first-order valence-corrected chi connectivity index (χ1v) is 6.60. The quantitative estimate of drug-likeness (QED) is 0.887. The second kappa shape index (κ2) is 6.95. The van der Waals surface area contributed by atoms with Crippen LogP contribution in [0.5, 0.6) is 0 Å². The SMILES string of the molecule is C[C@@H](NCC(=O)Nc1ccccc1F)c1ccccc1F. The minimum Gasteiger partial charge on any atom is -0.322 e. The lowest BCUT2D eigenvalue weighted by Gasteiger charge is -2.15. The third kappa shape index (κ3) is 4.10. The molecule has 3 nitrogen and oxygen atoms in total. The van der Waals surface area contributed by atoms with E-state index in [2.05, 4.69) is 10.6 Å². The van der Waals surface area contributed by atoms with Crippen molar-refractivity contribution < 1.29 is 13.6 Å². The average molecular weight is 290 g/mol. The number of hydrogen-bond acceptors (Lipinski definition) is 2. The fourth-order valence-electron chi connectivity index (χ4n) is 1.94. The molecule has 1 atom stereocenters. The number of amides is 1. The number of para-hydroxylation sites is 1. The van der Waals surface area contributed by atoms with Gasteiger partial charge < -0.3 is 10.6 Å². The number of hydrogen-bond donors (Lipinski definition) is 2. The first kappa shape index (κ1) is 15.1. The van der Waals surface area contributed by atoms with Crippen molar-refractivity contribution in [2.45, 2.75) is 13.0 Å². The summed E-state index contributed by atoms with van der Waals surface area (Å²) in [7, 11) is 0. The van der Waals surface area contributed by atoms with Gasteiger partial charge in [-0.15, -0.1) is 0 Å². The first-order chi connectivity index (χ1) is 10.1. The van der Waals surface area contributed by atoms with E-state index in [0.717, 1.165) is 0 Å². The summed E-state index contributed by atoms with van der Waals surface area (Å²) in [5.74, 6) is -1.21. The van der Waals surface area contributed by atoms with Gasteiger partial charge in [-0.1, -0.05) is 30.3 Å². The van der Waals surface area contributed by atoms with E-state index >= 15 is 0 Å². The number of benzene rings is 2. The summed E-state index contributed by atoms with van der Waals surface area (Å²) in [5, 5.41) is 5.37. The molecule has 0 spiro atoms. The third-order valence-electron chi connectivity index (χ3n) is 3.09. The lowest BCUT2D eigenvalue weighted by Crippen LogP contribution is -2.30. The van der Waals surface area contributed by atoms with Crippen molar-refractivity contribution in [3.8, 4) is 0 Å². The topological polar surface area (TPSA) is 41.1 Å². The number of rotatable bonds is 5. The number of nitrogens with one attached hydrogen (secondary N) is 2. The van der Waals surface area contributed by atoms with E-state index in [4.69, 9.17) is 0 Å². The highest BCUT2D eigenvalue weighted by Crippen LogP contribution is 2.16. The van der Waals surface area contributed by atoms with Crippen molar-refractivity contribution in [1.82, 2.24) is 5.32 Å². The minimum absolute atomic E-state index is 0.0379.